The molecule has 7 rings (SSSR count). The fourth-order valence-electron chi connectivity index (χ4n) is 6.19. The monoisotopic (exact) mass is 667 g/mol. The summed E-state index contributed by atoms with van der Waals surface area (Å²) < 4.78 is 55.4. The maximum absolute atomic E-state index is 13.7. The van der Waals surface area contributed by atoms with Gasteiger partial charge in [0, 0.05) is 36.4 Å². The van der Waals surface area contributed by atoms with Crippen LogP contribution < -0.4 is 9.64 Å². The van der Waals surface area contributed by atoms with Gasteiger partial charge in [0.25, 0.3) is 0 Å². The minimum atomic E-state index is -5.02. The largest absolute Gasteiger partial charge is 0.573 e. The SMILES string of the molecule is O=C(O)c1cc(OC(F)(F)F)c2nc(N3[C@@H]4CC[C@H]3CC(OC(=O)c3c(-c5c(Cl)cccc5Cl)noc3C3CC3)C4)sc2c1. The van der Waals surface area contributed by atoms with Crippen LogP contribution in [0, 0.1) is 0 Å². The molecule has 4 heterocycles. The highest BCUT2D eigenvalue weighted by Gasteiger charge is 2.45. The Morgan fingerprint density at radius 1 is 1.07 bits per heavy atom. The lowest BCUT2D eigenvalue weighted by molar-refractivity contribution is -0.274. The van der Waals surface area contributed by atoms with Crippen LogP contribution in [0.2, 0.25) is 10.0 Å². The molecule has 0 spiro atoms. The second kappa shape index (κ2) is 10.8. The lowest BCUT2D eigenvalue weighted by Crippen LogP contribution is -2.46. The maximum atomic E-state index is 13.7. The average Bonchev–Trinajstić information content (AvgIpc) is 3.44. The topological polar surface area (TPSA) is 115 Å². The molecule has 1 aliphatic carbocycles. The molecule has 2 aromatic carbocycles. The number of anilines is 1. The van der Waals surface area contributed by atoms with Crippen molar-refractivity contribution in [1.29, 1.82) is 0 Å². The van der Waals surface area contributed by atoms with Crippen LogP contribution in [-0.4, -0.2) is 51.7 Å². The normalized spacial score (nSPS) is 21.6. The third-order valence-corrected chi connectivity index (χ3v) is 9.82. The first kappa shape index (κ1) is 29.2. The second-order valence-electron chi connectivity index (χ2n) is 11.1. The molecule has 1 unspecified atom stereocenters. The molecule has 9 nitrogen and oxygen atoms in total. The number of aromatic carboxylic acids is 1. The van der Waals surface area contributed by atoms with Crippen LogP contribution in [0.1, 0.15) is 70.9 Å². The lowest BCUT2D eigenvalue weighted by Gasteiger charge is -2.38. The fraction of sp³-hybridized carbons (Fsp3) is 0.379. The van der Waals surface area contributed by atoms with Crippen LogP contribution in [0.15, 0.2) is 34.9 Å². The van der Waals surface area contributed by atoms with Crippen molar-refractivity contribution in [2.75, 3.05) is 4.90 Å². The predicted octanol–water partition coefficient (Wildman–Crippen LogP) is 8.09. The second-order valence-corrected chi connectivity index (χ2v) is 12.9. The highest BCUT2D eigenvalue weighted by Crippen LogP contribution is 2.48. The highest BCUT2D eigenvalue weighted by molar-refractivity contribution is 7.22. The minimum Gasteiger partial charge on any atom is -0.478 e. The van der Waals surface area contributed by atoms with E-state index in [0.29, 0.717) is 39.3 Å². The molecule has 1 saturated carbocycles. The van der Waals surface area contributed by atoms with E-state index >= 15 is 0 Å². The van der Waals surface area contributed by atoms with E-state index in [-0.39, 0.29) is 45.0 Å². The van der Waals surface area contributed by atoms with Crippen molar-refractivity contribution in [3.8, 4) is 17.0 Å². The summed E-state index contributed by atoms with van der Waals surface area (Å²) in [5.41, 5.74) is 0.447. The molecule has 3 atom stereocenters. The van der Waals surface area contributed by atoms with E-state index in [1.54, 1.807) is 18.2 Å². The number of nitrogens with zero attached hydrogens (tertiary/aromatic N) is 3. The maximum Gasteiger partial charge on any atom is 0.573 e. The molecule has 2 aliphatic heterocycles. The Hall–Kier alpha value is -3.55. The number of carboxylic acids is 1. The summed E-state index contributed by atoms with van der Waals surface area (Å²) in [5.74, 6) is -2.11. The summed E-state index contributed by atoms with van der Waals surface area (Å²) in [6, 6.07) is 6.92. The number of carboxylic acid groups (broad SMARTS) is 1. The number of ether oxygens (including phenoxy) is 2. The molecule has 2 aromatic heterocycles. The zero-order valence-electron chi connectivity index (χ0n) is 22.6. The number of rotatable bonds is 7. The van der Waals surface area contributed by atoms with Gasteiger partial charge in [-0.2, -0.15) is 0 Å². The number of halogens is 5. The first-order valence-electron chi connectivity index (χ1n) is 13.8. The van der Waals surface area contributed by atoms with Gasteiger partial charge >= 0.3 is 18.3 Å². The van der Waals surface area contributed by atoms with E-state index in [1.165, 1.54) is 6.07 Å². The van der Waals surface area contributed by atoms with Gasteiger partial charge in [0.15, 0.2) is 16.6 Å². The summed E-state index contributed by atoms with van der Waals surface area (Å²) in [6.45, 7) is 0. The van der Waals surface area contributed by atoms with E-state index in [9.17, 15) is 27.9 Å². The Bertz CT molecular complexity index is 1770. The Labute approximate surface area is 261 Å². The van der Waals surface area contributed by atoms with Gasteiger partial charge in [-0.25, -0.2) is 14.6 Å². The number of fused-ring (bicyclic) bond motifs is 3. The van der Waals surface area contributed by atoms with E-state index < -0.39 is 30.2 Å². The first-order valence-corrected chi connectivity index (χ1v) is 15.4. The summed E-state index contributed by atoms with van der Waals surface area (Å²) in [6.07, 6.45) is -1.27. The number of piperidine rings is 1. The molecule has 0 radical (unpaired) electrons. The van der Waals surface area contributed by atoms with Crippen LogP contribution in [-0.2, 0) is 4.74 Å². The molecule has 44 heavy (non-hydrogen) atoms. The number of thiazole rings is 1. The van der Waals surface area contributed by atoms with Gasteiger partial charge < -0.3 is 24.0 Å². The molecule has 4 aromatic rings. The van der Waals surface area contributed by atoms with E-state index in [4.69, 9.17) is 32.5 Å². The zero-order valence-corrected chi connectivity index (χ0v) is 24.9. The Balaban J connectivity index is 1.14. The number of alkyl halides is 3. The summed E-state index contributed by atoms with van der Waals surface area (Å²) in [5, 5.41) is 14.7. The van der Waals surface area contributed by atoms with Gasteiger partial charge in [-0.3, -0.25) is 0 Å². The molecule has 2 saturated heterocycles. The van der Waals surface area contributed by atoms with Crippen LogP contribution >= 0.6 is 34.5 Å². The zero-order chi connectivity index (χ0) is 30.9. The standard InChI is InChI=1S/C29H22Cl2F3N3O6S/c30-17-2-1-3-18(31)21(17)24-22(25(43-36-24)12-4-5-12)27(40)41-16-10-14-6-7-15(11-16)37(14)28-35-23-19(42-29(32,33)34)8-13(26(38)39)9-20(23)44-28/h1-3,8-9,12,14-16H,4-7,10-11H2,(H,38,39)/t14-,15+,16?. The van der Waals surface area contributed by atoms with Crippen molar-refractivity contribution in [3.63, 3.8) is 0 Å². The first-order chi connectivity index (χ1) is 21.0. The Kier molecular flexibility index (Phi) is 7.17. The molecule has 2 bridgehead atoms. The number of hydrogen-bond acceptors (Lipinski definition) is 9. The molecule has 15 heteroatoms. The van der Waals surface area contributed by atoms with Crippen molar-refractivity contribution in [2.24, 2.45) is 0 Å². The van der Waals surface area contributed by atoms with Crippen molar-refractivity contribution in [1.82, 2.24) is 10.1 Å². The van der Waals surface area contributed by atoms with E-state index in [2.05, 4.69) is 14.9 Å². The Morgan fingerprint density at radius 2 is 1.75 bits per heavy atom. The van der Waals surface area contributed by atoms with Crippen molar-refractivity contribution in [3.05, 3.63) is 57.3 Å². The predicted molar refractivity (Wildman–Crippen MR) is 155 cm³/mol. The molecular formula is C29H22Cl2F3N3O6S. The molecule has 3 fully saturated rings. The molecule has 1 N–H and O–H groups in total. The van der Waals surface area contributed by atoms with Gasteiger partial charge in [0.2, 0.25) is 0 Å². The molecular weight excluding hydrogens is 646 g/mol. The number of esters is 1. The van der Waals surface area contributed by atoms with Crippen molar-refractivity contribution < 1.29 is 41.9 Å². The van der Waals surface area contributed by atoms with E-state index in [1.807, 2.05) is 4.90 Å². The third-order valence-electron chi connectivity index (χ3n) is 8.18. The number of aromatic nitrogens is 2. The fourth-order valence-corrected chi connectivity index (χ4v) is 7.93. The molecule has 3 aliphatic rings. The highest BCUT2D eigenvalue weighted by atomic mass is 35.5. The van der Waals surface area contributed by atoms with Crippen LogP contribution in [0.25, 0.3) is 21.5 Å². The van der Waals surface area contributed by atoms with Gasteiger partial charge in [-0.15, -0.1) is 13.2 Å². The van der Waals surface area contributed by atoms with Crippen molar-refractivity contribution in [2.45, 2.75) is 69.0 Å². The quantitative estimate of drug-likeness (QED) is 0.195. The van der Waals surface area contributed by atoms with Gasteiger partial charge in [0.05, 0.1) is 20.3 Å². The van der Waals surface area contributed by atoms with E-state index in [0.717, 1.165) is 43.1 Å². The third kappa shape index (κ3) is 5.34. The minimum absolute atomic E-state index is 0.0602. The average molecular weight is 668 g/mol. The van der Waals surface area contributed by atoms with Gasteiger partial charge in [-0.1, -0.05) is 45.8 Å². The number of carbonyl (C=O) groups is 2. The number of carbonyl (C=O) groups excluding carboxylic acids is 1. The summed E-state index contributed by atoms with van der Waals surface area (Å²) >= 11 is 14.0. The Morgan fingerprint density at radius 3 is 2.36 bits per heavy atom. The summed E-state index contributed by atoms with van der Waals surface area (Å²) in [7, 11) is 0. The summed E-state index contributed by atoms with van der Waals surface area (Å²) in [4.78, 5) is 31.8. The van der Waals surface area contributed by atoms with Crippen molar-refractivity contribution >= 4 is 61.8 Å². The van der Waals surface area contributed by atoms with Crippen LogP contribution in [0.5, 0.6) is 5.75 Å². The van der Waals surface area contributed by atoms with Crippen LogP contribution in [0.3, 0.4) is 0 Å². The lowest BCUT2D eigenvalue weighted by atomic mass is 9.99. The number of benzene rings is 2. The van der Waals surface area contributed by atoms with Gasteiger partial charge in [-0.05, 0) is 49.9 Å². The molecule has 230 valence electrons. The molecule has 0 amide bonds. The van der Waals surface area contributed by atoms with Crippen LogP contribution in [0.4, 0.5) is 18.3 Å². The van der Waals surface area contributed by atoms with Gasteiger partial charge in [0.1, 0.15) is 22.9 Å². The number of hydrogen-bond donors (Lipinski definition) is 1. The smallest absolute Gasteiger partial charge is 0.478 e.